The summed E-state index contributed by atoms with van der Waals surface area (Å²) in [5, 5.41) is 12.8. The van der Waals surface area contributed by atoms with E-state index in [2.05, 4.69) is 48.3 Å². The van der Waals surface area contributed by atoms with Crippen LogP contribution in [0.3, 0.4) is 0 Å². The fourth-order valence-corrected chi connectivity index (χ4v) is 1.88. The second-order valence-electron chi connectivity index (χ2n) is 5.42. The van der Waals surface area contributed by atoms with E-state index in [9.17, 15) is 5.11 Å². The molecule has 2 N–H and O–H groups in total. The monoisotopic (exact) mass is 250 g/mol. The van der Waals surface area contributed by atoms with Crippen molar-refractivity contribution in [3.8, 4) is 0 Å². The number of aliphatic hydroxyl groups is 1. The highest BCUT2D eigenvalue weighted by Gasteiger charge is 2.04. The van der Waals surface area contributed by atoms with Crippen LogP contribution in [0.5, 0.6) is 0 Å². The molecule has 102 valence electrons. The van der Waals surface area contributed by atoms with Crippen molar-refractivity contribution in [2.75, 3.05) is 25.0 Å². The Morgan fingerprint density at radius 1 is 1.17 bits per heavy atom. The maximum Gasteiger partial charge on any atom is 0.0686 e. The summed E-state index contributed by atoms with van der Waals surface area (Å²) in [6.45, 7) is 8.84. The van der Waals surface area contributed by atoms with E-state index in [1.165, 1.54) is 5.56 Å². The number of likely N-dealkylation sites (N-methyl/N-ethyl adjacent to an activating group) is 1. The number of hydrogen-bond acceptors (Lipinski definition) is 3. The Hall–Kier alpha value is -1.06. The van der Waals surface area contributed by atoms with Gasteiger partial charge in [0.1, 0.15) is 0 Å². The third kappa shape index (κ3) is 5.52. The standard InChI is InChI=1S/C15H26N2O/c1-12(2)9-16-10-14-5-7-15(8-6-14)17(4)11-13(3)18/h5-8,12-13,16,18H,9-11H2,1-4H3. The number of anilines is 1. The second-order valence-corrected chi connectivity index (χ2v) is 5.42. The minimum Gasteiger partial charge on any atom is -0.392 e. The summed E-state index contributed by atoms with van der Waals surface area (Å²) in [6, 6.07) is 8.49. The summed E-state index contributed by atoms with van der Waals surface area (Å²) in [7, 11) is 2.00. The molecule has 3 heteroatoms. The second kappa shape index (κ2) is 7.39. The topological polar surface area (TPSA) is 35.5 Å². The Morgan fingerprint density at radius 3 is 2.28 bits per heavy atom. The minimum atomic E-state index is -0.303. The van der Waals surface area contributed by atoms with Gasteiger partial charge in [-0.05, 0) is 37.1 Å². The van der Waals surface area contributed by atoms with Crippen LogP contribution < -0.4 is 10.2 Å². The van der Waals surface area contributed by atoms with Crippen LogP contribution in [0.25, 0.3) is 0 Å². The third-order valence-corrected chi connectivity index (χ3v) is 2.80. The van der Waals surface area contributed by atoms with Crippen molar-refractivity contribution in [3.63, 3.8) is 0 Å². The van der Waals surface area contributed by atoms with Crippen LogP contribution in [0.2, 0.25) is 0 Å². The van der Waals surface area contributed by atoms with Crippen LogP contribution in [-0.4, -0.2) is 31.3 Å². The van der Waals surface area contributed by atoms with Gasteiger partial charge >= 0.3 is 0 Å². The van der Waals surface area contributed by atoms with Crippen LogP contribution in [0.1, 0.15) is 26.3 Å². The Kier molecular flexibility index (Phi) is 6.16. The van der Waals surface area contributed by atoms with Gasteiger partial charge in [-0.1, -0.05) is 26.0 Å². The van der Waals surface area contributed by atoms with Crippen molar-refractivity contribution < 1.29 is 5.11 Å². The van der Waals surface area contributed by atoms with Gasteiger partial charge in [-0.15, -0.1) is 0 Å². The highest BCUT2D eigenvalue weighted by Crippen LogP contribution is 2.14. The maximum absolute atomic E-state index is 9.36. The molecule has 0 bridgehead atoms. The number of nitrogens with one attached hydrogen (secondary N) is 1. The molecule has 0 aliphatic rings. The van der Waals surface area contributed by atoms with E-state index in [1.54, 1.807) is 6.92 Å². The summed E-state index contributed by atoms with van der Waals surface area (Å²) < 4.78 is 0. The lowest BCUT2D eigenvalue weighted by Gasteiger charge is -2.21. The maximum atomic E-state index is 9.36. The Bertz CT molecular complexity index is 333. The van der Waals surface area contributed by atoms with E-state index in [0.717, 1.165) is 18.8 Å². The molecule has 1 aromatic carbocycles. The Balaban J connectivity index is 2.46. The molecule has 0 aromatic heterocycles. The van der Waals surface area contributed by atoms with Gasteiger partial charge in [-0.2, -0.15) is 0 Å². The molecule has 0 saturated carbocycles. The summed E-state index contributed by atoms with van der Waals surface area (Å²) in [5.74, 6) is 0.682. The lowest BCUT2D eigenvalue weighted by molar-refractivity contribution is 0.201. The van der Waals surface area contributed by atoms with Crippen LogP contribution in [0, 0.1) is 5.92 Å². The van der Waals surface area contributed by atoms with Crippen molar-refractivity contribution in [2.45, 2.75) is 33.4 Å². The molecule has 1 aromatic rings. The number of aliphatic hydroxyl groups excluding tert-OH is 1. The van der Waals surface area contributed by atoms with Crippen molar-refractivity contribution in [3.05, 3.63) is 29.8 Å². The smallest absolute Gasteiger partial charge is 0.0686 e. The van der Waals surface area contributed by atoms with Gasteiger partial charge in [0, 0.05) is 25.8 Å². The first kappa shape index (κ1) is 15.0. The van der Waals surface area contributed by atoms with Crippen molar-refractivity contribution in [1.29, 1.82) is 0 Å². The van der Waals surface area contributed by atoms with Crippen LogP contribution in [0.15, 0.2) is 24.3 Å². The van der Waals surface area contributed by atoms with Gasteiger partial charge in [0.15, 0.2) is 0 Å². The average Bonchev–Trinajstić information content (AvgIpc) is 2.28. The summed E-state index contributed by atoms with van der Waals surface area (Å²) in [5.41, 5.74) is 2.44. The zero-order valence-electron chi connectivity index (χ0n) is 12.0. The van der Waals surface area contributed by atoms with Crippen LogP contribution >= 0.6 is 0 Å². The zero-order chi connectivity index (χ0) is 13.5. The van der Waals surface area contributed by atoms with E-state index in [-0.39, 0.29) is 6.10 Å². The number of benzene rings is 1. The molecule has 1 rings (SSSR count). The van der Waals surface area contributed by atoms with Crippen LogP contribution in [0.4, 0.5) is 5.69 Å². The number of hydrogen-bond donors (Lipinski definition) is 2. The first-order chi connectivity index (χ1) is 8.49. The summed E-state index contributed by atoms with van der Waals surface area (Å²) in [6.07, 6.45) is -0.303. The number of nitrogens with zero attached hydrogens (tertiary/aromatic N) is 1. The number of rotatable bonds is 7. The quantitative estimate of drug-likeness (QED) is 0.779. The highest BCUT2D eigenvalue weighted by atomic mass is 16.3. The lowest BCUT2D eigenvalue weighted by atomic mass is 10.1. The molecule has 0 aliphatic carbocycles. The predicted octanol–water partition coefficient (Wildman–Crippen LogP) is 2.25. The van der Waals surface area contributed by atoms with E-state index in [1.807, 2.05) is 7.05 Å². The average molecular weight is 250 g/mol. The minimum absolute atomic E-state index is 0.303. The predicted molar refractivity (Wildman–Crippen MR) is 77.9 cm³/mol. The van der Waals surface area contributed by atoms with Crippen molar-refractivity contribution >= 4 is 5.69 Å². The summed E-state index contributed by atoms with van der Waals surface area (Å²) in [4.78, 5) is 2.07. The van der Waals surface area contributed by atoms with Gasteiger partial charge in [0.05, 0.1) is 6.10 Å². The van der Waals surface area contributed by atoms with Crippen molar-refractivity contribution in [2.24, 2.45) is 5.92 Å². The van der Waals surface area contributed by atoms with Gasteiger partial charge in [-0.25, -0.2) is 0 Å². The molecule has 3 nitrogen and oxygen atoms in total. The van der Waals surface area contributed by atoms with E-state index in [0.29, 0.717) is 12.5 Å². The van der Waals surface area contributed by atoms with E-state index >= 15 is 0 Å². The zero-order valence-corrected chi connectivity index (χ0v) is 12.0. The molecule has 1 unspecified atom stereocenters. The largest absolute Gasteiger partial charge is 0.392 e. The molecule has 0 spiro atoms. The third-order valence-electron chi connectivity index (χ3n) is 2.80. The normalized spacial score (nSPS) is 12.8. The van der Waals surface area contributed by atoms with Gasteiger partial charge in [-0.3, -0.25) is 0 Å². The summed E-state index contributed by atoms with van der Waals surface area (Å²) >= 11 is 0. The highest BCUT2D eigenvalue weighted by molar-refractivity contribution is 5.46. The molecule has 0 heterocycles. The molecule has 18 heavy (non-hydrogen) atoms. The fourth-order valence-electron chi connectivity index (χ4n) is 1.88. The first-order valence-corrected chi connectivity index (χ1v) is 6.68. The Morgan fingerprint density at radius 2 is 1.78 bits per heavy atom. The molecule has 0 fully saturated rings. The first-order valence-electron chi connectivity index (χ1n) is 6.68. The SMILES string of the molecule is CC(C)CNCc1ccc(N(C)CC(C)O)cc1. The van der Waals surface area contributed by atoms with Gasteiger partial charge in [0.25, 0.3) is 0 Å². The fraction of sp³-hybridized carbons (Fsp3) is 0.600. The lowest BCUT2D eigenvalue weighted by Crippen LogP contribution is -2.26. The van der Waals surface area contributed by atoms with Crippen LogP contribution in [-0.2, 0) is 6.54 Å². The Labute approximate surface area is 111 Å². The molecule has 1 atom stereocenters. The molecule has 0 amide bonds. The molecule has 0 saturated heterocycles. The molecular weight excluding hydrogens is 224 g/mol. The van der Waals surface area contributed by atoms with Crippen molar-refractivity contribution in [1.82, 2.24) is 5.32 Å². The van der Waals surface area contributed by atoms with E-state index < -0.39 is 0 Å². The molecule has 0 aliphatic heterocycles. The molecular formula is C15H26N2O. The van der Waals surface area contributed by atoms with Gasteiger partial charge < -0.3 is 15.3 Å². The van der Waals surface area contributed by atoms with Gasteiger partial charge in [0.2, 0.25) is 0 Å². The molecule has 0 radical (unpaired) electrons. The van der Waals surface area contributed by atoms with E-state index in [4.69, 9.17) is 0 Å².